The van der Waals surface area contributed by atoms with Crippen LogP contribution in [0.1, 0.15) is 19.8 Å². The van der Waals surface area contributed by atoms with E-state index in [0.29, 0.717) is 24.3 Å². The van der Waals surface area contributed by atoms with E-state index in [2.05, 4.69) is 10.3 Å². The van der Waals surface area contributed by atoms with Crippen molar-refractivity contribution in [1.29, 1.82) is 0 Å². The Morgan fingerprint density at radius 2 is 2.40 bits per heavy atom. The number of anilines is 1. The zero-order valence-corrected chi connectivity index (χ0v) is 11.8. The lowest BCUT2D eigenvalue weighted by Crippen LogP contribution is -2.38. The molecule has 110 valence electrons. The predicted octanol–water partition coefficient (Wildman–Crippen LogP) is 1.58. The van der Waals surface area contributed by atoms with Gasteiger partial charge < -0.3 is 15.0 Å². The SMILES string of the molecule is CCN(CC1CCCN1)c1nc(OC)ccc1[N+](=O)[O-]. The van der Waals surface area contributed by atoms with Gasteiger partial charge in [-0.25, -0.2) is 0 Å². The first-order valence-corrected chi connectivity index (χ1v) is 6.83. The molecule has 1 aromatic rings. The summed E-state index contributed by atoms with van der Waals surface area (Å²) in [5.74, 6) is 0.772. The van der Waals surface area contributed by atoms with Crippen LogP contribution in [0.5, 0.6) is 5.88 Å². The van der Waals surface area contributed by atoms with Crippen LogP contribution in [-0.4, -0.2) is 42.7 Å². The van der Waals surface area contributed by atoms with Crippen LogP contribution in [-0.2, 0) is 0 Å². The molecule has 1 unspecified atom stereocenters. The van der Waals surface area contributed by atoms with Crippen molar-refractivity contribution in [2.45, 2.75) is 25.8 Å². The Morgan fingerprint density at radius 3 is 2.95 bits per heavy atom. The van der Waals surface area contributed by atoms with Crippen LogP contribution in [0, 0.1) is 10.1 Å². The van der Waals surface area contributed by atoms with E-state index in [1.54, 1.807) is 0 Å². The van der Waals surface area contributed by atoms with Crippen LogP contribution >= 0.6 is 0 Å². The molecule has 0 bridgehead atoms. The van der Waals surface area contributed by atoms with Gasteiger partial charge in [-0.3, -0.25) is 10.1 Å². The Hall–Kier alpha value is -1.89. The second kappa shape index (κ2) is 6.51. The number of methoxy groups -OCH3 is 1. The Balaban J connectivity index is 2.27. The number of likely N-dealkylation sites (N-methyl/N-ethyl adjacent to an activating group) is 1. The van der Waals surface area contributed by atoms with Gasteiger partial charge in [-0.05, 0) is 26.3 Å². The number of ether oxygens (including phenoxy) is 1. The third-order valence-corrected chi connectivity index (χ3v) is 3.52. The summed E-state index contributed by atoms with van der Waals surface area (Å²) >= 11 is 0. The molecule has 0 aliphatic carbocycles. The van der Waals surface area contributed by atoms with E-state index in [4.69, 9.17) is 4.74 Å². The van der Waals surface area contributed by atoms with Gasteiger partial charge in [0.2, 0.25) is 11.7 Å². The summed E-state index contributed by atoms with van der Waals surface area (Å²) < 4.78 is 5.08. The van der Waals surface area contributed by atoms with E-state index in [9.17, 15) is 10.1 Å². The van der Waals surface area contributed by atoms with E-state index < -0.39 is 4.92 Å². The summed E-state index contributed by atoms with van der Waals surface area (Å²) in [6, 6.07) is 3.33. The van der Waals surface area contributed by atoms with Gasteiger partial charge in [-0.2, -0.15) is 4.98 Å². The summed E-state index contributed by atoms with van der Waals surface area (Å²) in [7, 11) is 1.51. The van der Waals surface area contributed by atoms with Gasteiger partial charge in [0.15, 0.2) is 0 Å². The number of pyridine rings is 1. The number of aromatic nitrogens is 1. The molecule has 7 nitrogen and oxygen atoms in total. The van der Waals surface area contributed by atoms with E-state index >= 15 is 0 Å². The maximum Gasteiger partial charge on any atom is 0.311 e. The van der Waals surface area contributed by atoms with E-state index in [-0.39, 0.29) is 5.69 Å². The van der Waals surface area contributed by atoms with Gasteiger partial charge in [-0.15, -0.1) is 0 Å². The number of nitro groups is 1. The molecule has 1 atom stereocenters. The fourth-order valence-electron chi connectivity index (χ4n) is 2.46. The number of nitrogens with zero attached hydrogens (tertiary/aromatic N) is 3. The molecule has 0 amide bonds. The molecule has 1 fully saturated rings. The van der Waals surface area contributed by atoms with Gasteiger partial charge in [0.1, 0.15) is 0 Å². The van der Waals surface area contributed by atoms with Crippen molar-refractivity contribution in [3.05, 3.63) is 22.2 Å². The first-order valence-electron chi connectivity index (χ1n) is 6.83. The molecule has 1 aromatic heterocycles. The van der Waals surface area contributed by atoms with Crippen LogP contribution < -0.4 is 15.0 Å². The average Bonchev–Trinajstić information content (AvgIpc) is 2.97. The van der Waals surface area contributed by atoms with Crippen LogP contribution in [0.15, 0.2) is 12.1 Å². The molecule has 1 aliphatic heterocycles. The largest absolute Gasteiger partial charge is 0.481 e. The summed E-state index contributed by atoms with van der Waals surface area (Å²) in [6.45, 7) is 4.37. The summed E-state index contributed by atoms with van der Waals surface area (Å²) in [6.07, 6.45) is 2.24. The topological polar surface area (TPSA) is 80.5 Å². The zero-order chi connectivity index (χ0) is 14.5. The van der Waals surface area contributed by atoms with Gasteiger partial charge in [0, 0.05) is 31.3 Å². The van der Waals surface area contributed by atoms with Crippen LogP contribution in [0.2, 0.25) is 0 Å². The molecule has 0 radical (unpaired) electrons. The lowest BCUT2D eigenvalue weighted by atomic mass is 10.2. The maximum absolute atomic E-state index is 11.2. The first kappa shape index (κ1) is 14.5. The monoisotopic (exact) mass is 280 g/mol. The molecular formula is C13H20N4O3. The number of hydrogen-bond acceptors (Lipinski definition) is 6. The minimum atomic E-state index is -0.396. The Kier molecular flexibility index (Phi) is 4.73. The van der Waals surface area contributed by atoms with Crippen LogP contribution in [0.25, 0.3) is 0 Å². The first-order chi connectivity index (χ1) is 9.65. The highest BCUT2D eigenvalue weighted by atomic mass is 16.6. The van der Waals surface area contributed by atoms with Crippen molar-refractivity contribution < 1.29 is 9.66 Å². The highest BCUT2D eigenvalue weighted by Crippen LogP contribution is 2.28. The molecular weight excluding hydrogens is 260 g/mol. The zero-order valence-electron chi connectivity index (χ0n) is 11.8. The quantitative estimate of drug-likeness (QED) is 0.629. The van der Waals surface area contributed by atoms with Crippen molar-refractivity contribution in [1.82, 2.24) is 10.3 Å². The molecule has 0 saturated carbocycles. The third-order valence-electron chi connectivity index (χ3n) is 3.52. The van der Waals surface area contributed by atoms with Crippen molar-refractivity contribution >= 4 is 11.5 Å². The van der Waals surface area contributed by atoms with Crippen LogP contribution in [0.4, 0.5) is 11.5 Å². The lowest BCUT2D eigenvalue weighted by molar-refractivity contribution is -0.384. The molecule has 7 heteroatoms. The van der Waals surface area contributed by atoms with Gasteiger partial charge >= 0.3 is 5.69 Å². The fourth-order valence-corrected chi connectivity index (χ4v) is 2.46. The smallest absolute Gasteiger partial charge is 0.311 e. The van der Waals surface area contributed by atoms with Gasteiger partial charge in [-0.1, -0.05) is 0 Å². The molecule has 20 heavy (non-hydrogen) atoms. The Morgan fingerprint density at radius 1 is 1.60 bits per heavy atom. The fraction of sp³-hybridized carbons (Fsp3) is 0.615. The highest BCUT2D eigenvalue weighted by molar-refractivity contribution is 5.59. The Labute approximate surface area is 118 Å². The van der Waals surface area contributed by atoms with Crippen molar-refractivity contribution in [3.63, 3.8) is 0 Å². The van der Waals surface area contributed by atoms with E-state index in [1.807, 2.05) is 11.8 Å². The molecule has 0 spiro atoms. The maximum atomic E-state index is 11.2. The molecule has 1 saturated heterocycles. The summed E-state index contributed by atoms with van der Waals surface area (Å²) in [5.41, 5.74) is 0.0191. The second-order valence-electron chi connectivity index (χ2n) is 4.79. The normalized spacial score (nSPS) is 18.0. The predicted molar refractivity (Wildman–Crippen MR) is 76.4 cm³/mol. The van der Waals surface area contributed by atoms with Gasteiger partial charge in [0.05, 0.1) is 12.0 Å². The number of hydrogen-bond donors (Lipinski definition) is 1. The van der Waals surface area contributed by atoms with Gasteiger partial charge in [0.25, 0.3) is 0 Å². The number of nitrogens with one attached hydrogen (secondary N) is 1. The van der Waals surface area contributed by atoms with Crippen LogP contribution in [0.3, 0.4) is 0 Å². The molecule has 2 rings (SSSR count). The minimum Gasteiger partial charge on any atom is -0.481 e. The molecule has 0 aromatic carbocycles. The average molecular weight is 280 g/mol. The van der Waals surface area contributed by atoms with Crippen molar-refractivity contribution in [2.75, 3.05) is 31.6 Å². The van der Waals surface area contributed by atoms with Crippen molar-refractivity contribution in [3.8, 4) is 5.88 Å². The second-order valence-corrected chi connectivity index (χ2v) is 4.79. The van der Waals surface area contributed by atoms with E-state index in [1.165, 1.54) is 19.2 Å². The minimum absolute atomic E-state index is 0.0191. The lowest BCUT2D eigenvalue weighted by Gasteiger charge is -2.25. The molecule has 1 aliphatic rings. The van der Waals surface area contributed by atoms with E-state index in [0.717, 1.165) is 25.9 Å². The summed E-state index contributed by atoms with van der Waals surface area (Å²) in [5, 5.41) is 14.6. The third kappa shape index (κ3) is 3.16. The number of rotatable bonds is 6. The summed E-state index contributed by atoms with van der Waals surface area (Å²) in [4.78, 5) is 17.0. The molecule has 2 heterocycles. The highest BCUT2D eigenvalue weighted by Gasteiger charge is 2.24. The molecule has 1 N–H and O–H groups in total. The standard InChI is InChI=1S/C13H20N4O3/c1-3-16(9-10-5-4-8-14-10)13-11(17(18)19)6-7-12(15-13)20-2/h6-7,10,14H,3-5,8-9H2,1-2H3. The Bertz CT molecular complexity index is 475. The van der Waals surface area contributed by atoms with Crippen molar-refractivity contribution in [2.24, 2.45) is 0 Å².